The van der Waals surface area contributed by atoms with Crippen LogP contribution < -0.4 is 15.0 Å². The van der Waals surface area contributed by atoms with Crippen molar-refractivity contribution in [2.75, 3.05) is 42.9 Å². The molecule has 3 aromatic rings. The lowest BCUT2D eigenvalue weighted by molar-refractivity contribution is 0.0584. The molecule has 1 amide bonds. The molecule has 1 aliphatic carbocycles. The smallest absolute Gasteiger partial charge is 0.258 e. The third kappa shape index (κ3) is 7.74. The van der Waals surface area contributed by atoms with E-state index in [1.165, 1.54) is 56.3 Å². The Hall–Kier alpha value is -3.79. The maximum absolute atomic E-state index is 14.4. The lowest BCUT2D eigenvalue weighted by Crippen LogP contribution is -2.45. The number of nitrogens with zero attached hydrogens (tertiary/aromatic N) is 5. The molecular weight excluding hydrogens is 610 g/mol. The highest BCUT2D eigenvalue weighted by molar-refractivity contribution is 5.97. The first-order valence-corrected chi connectivity index (χ1v) is 17.7. The molecular formula is C38H50F2N6O2. The lowest BCUT2D eigenvalue weighted by atomic mass is 9.67. The number of rotatable bonds is 10. The second kappa shape index (κ2) is 14.8. The van der Waals surface area contributed by atoms with Crippen molar-refractivity contribution in [3.8, 4) is 11.5 Å². The summed E-state index contributed by atoms with van der Waals surface area (Å²) in [6.45, 7) is 12.8. The second-order valence-corrected chi connectivity index (χ2v) is 14.7. The van der Waals surface area contributed by atoms with Gasteiger partial charge in [0.15, 0.2) is 11.6 Å². The zero-order chi connectivity index (χ0) is 33.8. The summed E-state index contributed by atoms with van der Waals surface area (Å²) in [5.41, 5.74) is 1.22. The van der Waals surface area contributed by atoms with E-state index >= 15 is 0 Å². The fraction of sp³-hybridized carbons (Fsp3) is 0.553. The Morgan fingerprint density at radius 2 is 1.71 bits per heavy atom. The van der Waals surface area contributed by atoms with E-state index in [1.807, 2.05) is 39.8 Å². The topological polar surface area (TPSA) is 73.8 Å². The fourth-order valence-corrected chi connectivity index (χ4v) is 8.12. The number of para-hydroxylation sites is 1. The molecule has 0 unspecified atom stereocenters. The summed E-state index contributed by atoms with van der Waals surface area (Å²) in [5, 5.41) is 3.45. The van der Waals surface area contributed by atoms with Crippen LogP contribution in [0.4, 0.5) is 20.3 Å². The minimum Gasteiger partial charge on any atom is -0.451 e. The summed E-state index contributed by atoms with van der Waals surface area (Å²) in [6, 6.07) is 11.3. The van der Waals surface area contributed by atoms with Crippen LogP contribution >= 0.6 is 0 Å². The number of hydrogen-bond donors (Lipinski definition) is 1. The number of carbonyl (C=O) groups is 1. The fourth-order valence-electron chi connectivity index (χ4n) is 8.12. The number of ether oxygens (including phenoxy) is 1. The van der Waals surface area contributed by atoms with E-state index < -0.39 is 5.82 Å². The number of anilines is 2. The average molecular weight is 661 g/mol. The van der Waals surface area contributed by atoms with Crippen molar-refractivity contribution in [1.82, 2.24) is 19.8 Å². The largest absolute Gasteiger partial charge is 0.451 e. The van der Waals surface area contributed by atoms with Gasteiger partial charge in [0, 0.05) is 37.8 Å². The van der Waals surface area contributed by atoms with Crippen LogP contribution in [0.15, 0.2) is 55.0 Å². The molecule has 1 N–H and O–H groups in total. The molecule has 3 heterocycles. The first kappa shape index (κ1) is 34.1. The monoisotopic (exact) mass is 660 g/mol. The van der Waals surface area contributed by atoms with Gasteiger partial charge in [-0.15, -0.1) is 0 Å². The molecule has 1 spiro atoms. The molecule has 2 aromatic carbocycles. The standard InChI is InChI=1S/C38H50F2N6O2/c1-26(2)46(27(3)4)37(47)31-21-29(39)9-10-34(31)48-35-22-41-25-42-36(35)45-18-13-28(24-45)23-44-19-16-38(17-20-44)14-11-30(12-15-38)43-33-8-6-5-7-32(33)40/h5-10,21-22,25-28,30,43H,11-20,23-24H2,1-4H3/t28-/m0/s1. The van der Waals surface area contributed by atoms with Crippen molar-refractivity contribution in [3.63, 3.8) is 0 Å². The summed E-state index contributed by atoms with van der Waals surface area (Å²) >= 11 is 0. The van der Waals surface area contributed by atoms with Crippen molar-refractivity contribution in [2.24, 2.45) is 11.3 Å². The van der Waals surface area contributed by atoms with E-state index in [4.69, 9.17) is 4.74 Å². The number of carbonyl (C=O) groups excluding carboxylic acids is 1. The van der Waals surface area contributed by atoms with Gasteiger partial charge in [0.2, 0.25) is 0 Å². The van der Waals surface area contributed by atoms with E-state index in [-0.39, 0.29) is 29.4 Å². The molecule has 2 saturated heterocycles. The van der Waals surface area contributed by atoms with Crippen molar-refractivity contribution < 1.29 is 18.3 Å². The van der Waals surface area contributed by atoms with Gasteiger partial charge in [-0.1, -0.05) is 12.1 Å². The van der Waals surface area contributed by atoms with Crippen LogP contribution in [0, 0.1) is 23.0 Å². The summed E-state index contributed by atoms with van der Waals surface area (Å²) in [4.78, 5) is 29.0. The Morgan fingerprint density at radius 3 is 2.42 bits per heavy atom. The average Bonchev–Trinajstić information content (AvgIpc) is 3.53. The quantitative estimate of drug-likeness (QED) is 0.238. The third-order valence-electron chi connectivity index (χ3n) is 10.7. The molecule has 10 heteroatoms. The molecule has 1 saturated carbocycles. The van der Waals surface area contributed by atoms with Crippen LogP contribution in [0.5, 0.6) is 11.5 Å². The van der Waals surface area contributed by atoms with Crippen molar-refractivity contribution in [2.45, 2.75) is 90.8 Å². The highest BCUT2D eigenvalue weighted by Gasteiger charge is 2.39. The number of aromatic nitrogens is 2. The second-order valence-electron chi connectivity index (χ2n) is 14.7. The number of nitrogens with one attached hydrogen (secondary N) is 1. The summed E-state index contributed by atoms with van der Waals surface area (Å²) in [6.07, 6.45) is 11.3. The number of amides is 1. The zero-order valence-electron chi connectivity index (χ0n) is 28.8. The lowest BCUT2D eigenvalue weighted by Gasteiger charge is -2.46. The van der Waals surface area contributed by atoms with Gasteiger partial charge in [-0.05, 0) is 127 Å². The SMILES string of the molecule is CC(C)N(C(=O)c1cc(F)ccc1Oc1cncnc1N1CC[C@@H](CN2CCC3(CCC(Nc4ccccc4F)CC3)CC2)C1)C(C)C. The number of halogens is 2. The minimum atomic E-state index is -0.488. The van der Waals surface area contributed by atoms with Crippen LogP contribution in [0.1, 0.15) is 83.0 Å². The van der Waals surface area contributed by atoms with Gasteiger partial charge in [0.1, 0.15) is 23.7 Å². The molecule has 3 aliphatic rings. The minimum absolute atomic E-state index is 0.0550. The van der Waals surface area contributed by atoms with Gasteiger partial charge in [-0.25, -0.2) is 18.7 Å². The van der Waals surface area contributed by atoms with Crippen LogP contribution in [0.2, 0.25) is 0 Å². The normalized spacial score (nSPS) is 20.1. The Labute approximate surface area is 283 Å². The molecule has 0 radical (unpaired) electrons. The number of benzene rings is 2. The van der Waals surface area contributed by atoms with Crippen LogP contribution in [0.25, 0.3) is 0 Å². The molecule has 0 bridgehead atoms. The van der Waals surface area contributed by atoms with E-state index in [9.17, 15) is 13.6 Å². The van der Waals surface area contributed by atoms with E-state index in [1.54, 1.807) is 17.2 Å². The molecule has 6 rings (SSSR count). The Kier molecular flexibility index (Phi) is 10.5. The highest BCUT2D eigenvalue weighted by Crippen LogP contribution is 2.45. The summed E-state index contributed by atoms with van der Waals surface area (Å²) in [5.74, 6) is 1.02. The number of piperidine rings is 1. The number of hydrogen-bond acceptors (Lipinski definition) is 7. The molecule has 258 valence electrons. The van der Waals surface area contributed by atoms with Gasteiger partial charge < -0.3 is 24.8 Å². The molecule has 48 heavy (non-hydrogen) atoms. The van der Waals surface area contributed by atoms with E-state index in [0.717, 1.165) is 52.0 Å². The van der Waals surface area contributed by atoms with Crippen molar-refractivity contribution >= 4 is 17.4 Å². The van der Waals surface area contributed by atoms with Gasteiger partial charge >= 0.3 is 0 Å². The Balaban J connectivity index is 1.03. The predicted octanol–water partition coefficient (Wildman–Crippen LogP) is 7.77. The molecule has 1 atom stereocenters. The first-order valence-electron chi connectivity index (χ1n) is 17.7. The molecule has 1 aromatic heterocycles. The maximum atomic E-state index is 14.4. The highest BCUT2D eigenvalue weighted by atomic mass is 19.1. The first-order chi connectivity index (χ1) is 23.1. The molecule has 3 fully saturated rings. The van der Waals surface area contributed by atoms with Crippen LogP contribution in [-0.4, -0.2) is 76.5 Å². The zero-order valence-corrected chi connectivity index (χ0v) is 28.8. The summed E-state index contributed by atoms with van der Waals surface area (Å²) < 4.78 is 34.9. The molecule has 2 aliphatic heterocycles. The van der Waals surface area contributed by atoms with Crippen LogP contribution in [0.3, 0.4) is 0 Å². The third-order valence-corrected chi connectivity index (χ3v) is 10.7. The van der Waals surface area contributed by atoms with E-state index in [2.05, 4.69) is 25.1 Å². The van der Waals surface area contributed by atoms with Gasteiger partial charge in [-0.3, -0.25) is 4.79 Å². The van der Waals surface area contributed by atoms with Gasteiger partial charge in [-0.2, -0.15) is 0 Å². The van der Waals surface area contributed by atoms with Crippen molar-refractivity contribution in [1.29, 1.82) is 0 Å². The maximum Gasteiger partial charge on any atom is 0.258 e. The summed E-state index contributed by atoms with van der Waals surface area (Å²) in [7, 11) is 0. The Bertz CT molecular complexity index is 1540. The predicted molar refractivity (Wildman–Crippen MR) is 186 cm³/mol. The number of likely N-dealkylation sites (tertiary alicyclic amines) is 1. The Morgan fingerprint density at radius 1 is 0.979 bits per heavy atom. The van der Waals surface area contributed by atoms with Gasteiger partial charge in [0.05, 0.1) is 17.4 Å². The van der Waals surface area contributed by atoms with E-state index in [0.29, 0.717) is 40.4 Å². The van der Waals surface area contributed by atoms with Gasteiger partial charge in [0.25, 0.3) is 5.91 Å². The van der Waals surface area contributed by atoms with Crippen molar-refractivity contribution in [3.05, 3.63) is 72.2 Å². The molecule has 8 nitrogen and oxygen atoms in total. The van der Waals surface area contributed by atoms with Crippen LogP contribution in [-0.2, 0) is 0 Å².